The maximum Gasteiger partial charge on any atom is 0.240 e. The van der Waals surface area contributed by atoms with E-state index in [9.17, 15) is 13.2 Å². The summed E-state index contributed by atoms with van der Waals surface area (Å²) in [7, 11) is -3.65. The van der Waals surface area contributed by atoms with Crippen molar-refractivity contribution in [3.05, 3.63) is 58.6 Å². The first-order chi connectivity index (χ1) is 13.4. The quantitative estimate of drug-likeness (QED) is 0.518. The van der Waals surface area contributed by atoms with Gasteiger partial charge in [0.05, 0.1) is 11.5 Å². The fourth-order valence-electron chi connectivity index (χ4n) is 2.26. The number of nitrogens with one attached hydrogen (secondary N) is 2. The molecule has 28 heavy (non-hydrogen) atoms. The maximum absolute atomic E-state index is 12.1. The highest BCUT2D eigenvalue weighted by molar-refractivity contribution is 7.89. The summed E-state index contributed by atoms with van der Waals surface area (Å²) in [6, 6.07) is 13.0. The summed E-state index contributed by atoms with van der Waals surface area (Å²) in [5.41, 5.74) is 0. The molecule has 0 aliphatic rings. The molecule has 0 bridgehead atoms. The summed E-state index contributed by atoms with van der Waals surface area (Å²) >= 11 is 11.5. The summed E-state index contributed by atoms with van der Waals surface area (Å²) in [6.07, 6.45) is 1.61. The lowest BCUT2D eigenvalue weighted by atomic mass is 10.3. The van der Waals surface area contributed by atoms with Crippen LogP contribution >= 0.6 is 23.2 Å². The summed E-state index contributed by atoms with van der Waals surface area (Å²) < 4.78 is 32.1. The lowest BCUT2D eigenvalue weighted by molar-refractivity contribution is -0.120. The van der Waals surface area contributed by atoms with Crippen LogP contribution in [0.4, 0.5) is 0 Å². The van der Waals surface area contributed by atoms with Gasteiger partial charge in [-0.1, -0.05) is 23.2 Å². The van der Waals surface area contributed by atoms with Crippen molar-refractivity contribution < 1.29 is 17.9 Å². The third-order valence-electron chi connectivity index (χ3n) is 3.74. The Balaban J connectivity index is 1.56. The molecule has 0 heterocycles. The van der Waals surface area contributed by atoms with Gasteiger partial charge in [0.2, 0.25) is 15.9 Å². The number of ether oxygens (including phenoxy) is 1. The number of benzene rings is 2. The summed E-state index contributed by atoms with van der Waals surface area (Å²) in [5, 5.41) is 3.87. The minimum atomic E-state index is -3.65. The van der Waals surface area contributed by atoms with E-state index in [0.717, 1.165) is 18.6 Å². The van der Waals surface area contributed by atoms with Crippen LogP contribution in [-0.2, 0) is 14.8 Å². The Morgan fingerprint density at radius 2 is 1.50 bits per heavy atom. The first-order valence-corrected chi connectivity index (χ1v) is 11.0. The predicted molar refractivity (Wildman–Crippen MR) is 110 cm³/mol. The zero-order valence-corrected chi connectivity index (χ0v) is 17.5. The van der Waals surface area contributed by atoms with Gasteiger partial charge in [0.1, 0.15) is 5.75 Å². The average Bonchev–Trinajstić information content (AvgIpc) is 2.66. The van der Waals surface area contributed by atoms with Gasteiger partial charge in [-0.3, -0.25) is 4.79 Å². The number of amides is 1. The van der Waals surface area contributed by atoms with Gasteiger partial charge in [-0.05, 0) is 61.4 Å². The van der Waals surface area contributed by atoms with E-state index in [1.54, 1.807) is 24.3 Å². The van der Waals surface area contributed by atoms with Gasteiger partial charge in [0.25, 0.3) is 0 Å². The molecule has 0 saturated carbocycles. The molecule has 9 heteroatoms. The third kappa shape index (κ3) is 8.06. The van der Waals surface area contributed by atoms with Crippen molar-refractivity contribution >= 4 is 39.1 Å². The van der Waals surface area contributed by atoms with E-state index in [2.05, 4.69) is 10.0 Å². The van der Waals surface area contributed by atoms with Crippen molar-refractivity contribution in [2.75, 3.05) is 19.7 Å². The Labute approximate surface area is 175 Å². The zero-order valence-electron chi connectivity index (χ0n) is 15.2. The molecule has 0 aliphatic carbocycles. The molecule has 1 amide bonds. The van der Waals surface area contributed by atoms with E-state index >= 15 is 0 Å². The number of carbonyl (C=O) groups is 1. The monoisotopic (exact) mass is 444 g/mol. The van der Waals surface area contributed by atoms with E-state index in [1.807, 2.05) is 0 Å². The number of sulfonamides is 1. The molecule has 0 aliphatic heterocycles. The first kappa shape index (κ1) is 22.5. The van der Waals surface area contributed by atoms with Crippen LogP contribution in [-0.4, -0.2) is 34.0 Å². The molecular weight excluding hydrogens is 423 g/mol. The second-order valence-electron chi connectivity index (χ2n) is 5.96. The molecule has 0 unspecified atom stereocenters. The van der Waals surface area contributed by atoms with Gasteiger partial charge in [0, 0.05) is 29.6 Å². The summed E-state index contributed by atoms with van der Waals surface area (Å²) in [4.78, 5) is 11.9. The van der Waals surface area contributed by atoms with E-state index in [4.69, 9.17) is 27.9 Å². The predicted octanol–water partition coefficient (Wildman–Crippen LogP) is 3.64. The Bertz CT molecular complexity index is 857. The van der Waals surface area contributed by atoms with Crippen molar-refractivity contribution in [3.8, 4) is 5.75 Å². The summed E-state index contributed by atoms with van der Waals surface area (Å²) in [5.74, 6) is 0.541. The molecule has 0 saturated heterocycles. The van der Waals surface area contributed by atoms with Crippen LogP contribution < -0.4 is 14.8 Å². The molecule has 2 aromatic carbocycles. The SMILES string of the molecule is O=C(CCNS(=O)(=O)c1ccc(Cl)cc1)NCCCCOc1ccc(Cl)cc1. The van der Waals surface area contributed by atoms with E-state index in [1.165, 1.54) is 24.3 Å². The molecule has 0 radical (unpaired) electrons. The van der Waals surface area contributed by atoms with Crippen LogP contribution in [0, 0.1) is 0 Å². The lowest BCUT2D eigenvalue weighted by Gasteiger charge is -2.08. The topological polar surface area (TPSA) is 84.5 Å². The molecule has 0 spiro atoms. The number of carbonyl (C=O) groups excluding carboxylic acids is 1. The zero-order chi connectivity index (χ0) is 20.4. The molecular formula is C19H22Cl2N2O4S. The molecule has 2 N–H and O–H groups in total. The highest BCUT2D eigenvalue weighted by Crippen LogP contribution is 2.16. The first-order valence-electron chi connectivity index (χ1n) is 8.77. The normalized spacial score (nSPS) is 11.2. The van der Waals surface area contributed by atoms with Crippen molar-refractivity contribution in [1.29, 1.82) is 0 Å². The average molecular weight is 445 g/mol. The van der Waals surface area contributed by atoms with Crippen molar-refractivity contribution in [2.24, 2.45) is 0 Å². The molecule has 6 nitrogen and oxygen atoms in total. The summed E-state index contributed by atoms with van der Waals surface area (Å²) in [6.45, 7) is 1.07. The molecule has 0 aromatic heterocycles. The minimum Gasteiger partial charge on any atom is -0.494 e. The van der Waals surface area contributed by atoms with Crippen LogP contribution in [0.5, 0.6) is 5.75 Å². The number of hydrogen-bond donors (Lipinski definition) is 2. The number of halogens is 2. The largest absolute Gasteiger partial charge is 0.494 e. The standard InChI is InChI=1S/C19H22Cl2N2O4S/c20-15-3-7-17(8-4-15)27-14-2-1-12-22-19(24)11-13-23-28(25,26)18-9-5-16(21)6-10-18/h3-10,23H,1-2,11-14H2,(H,22,24). The Morgan fingerprint density at radius 3 is 2.14 bits per heavy atom. The fraction of sp³-hybridized carbons (Fsp3) is 0.316. The molecule has 152 valence electrons. The smallest absolute Gasteiger partial charge is 0.240 e. The second-order valence-corrected chi connectivity index (χ2v) is 8.60. The van der Waals surface area contributed by atoms with Gasteiger partial charge < -0.3 is 10.1 Å². The van der Waals surface area contributed by atoms with Crippen LogP contribution in [0.2, 0.25) is 10.0 Å². The number of unbranched alkanes of at least 4 members (excludes halogenated alkanes) is 1. The van der Waals surface area contributed by atoms with Gasteiger partial charge >= 0.3 is 0 Å². The van der Waals surface area contributed by atoms with E-state index in [0.29, 0.717) is 23.2 Å². The van der Waals surface area contributed by atoms with Crippen LogP contribution in [0.3, 0.4) is 0 Å². The van der Waals surface area contributed by atoms with Gasteiger partial charge in [0.15, 0.2) is 0 Å². The van der Waals surface area contributed by atoms with Gasteiger partial charge in [-0.25, -0.2) is 13.1 Å². The fourth-order valence-corrected chi connectivity index (χ4v) is 3.54. The third-order valence-corrected chi connectivity index (χ3v) is 5.72. The van der Waals surface area contributed by atoms with Crippen LogP contribution in [0.25, 0.3) is 0 Å². The van der Waals surface area contributed by atoms with Crippen LogP contribution in [0.1, 0.15) is 19.3 Å². The van der Waals surface area contributed by atoms with Crippen LogP contribution in [0.15, 0.2) is 53.4 Å². The van der Waals surface area contributed by atoms with Crippen molar-refractivity contribution in [1.82, 2.24) is 10.0 Å². The maximum atomic E-state index is 12.1. The Morgan fingerprint density at radius 1 is 0.893 bits per heavy atom. The van der Waals surface area contributed by atoms with Crippen molar-refractivity contribution in [2.45, 2.75) is 24.2 Å². The molecule has 0 atom stereocenters. The molecule has 2 aromatic rings. The Hall–Kier alpha value is -1.80. The van der Waals surface area contributed by atoms with E-state index in [-0.39, 0.29) is 23.8 Å². The van der Waals surface area contributed by atoms with Gasteiger partial charge in [-0.2, -0.15) is 0 Å². The molecule has 2 rings (SSSR count). The highest BCUT2D eigenvalue weighted by atomic mass is 35.5. The minimum absolute atomic E-state index is 0.0243. The highest BCUT2D eigenvalue weighted by Gasteiger charge is 2.13. The molecule has 0 fully saturated rings. The number of rotatable bonds is 11. The second kappa shape index (κ2) is 11.3. The van der Waals surface area contributed by atoms with E-state index < -0.39 is 10.0 Å². The van der Waals surface area contributed by atoms with Gasteiger partial charge in [-0.15, -0.1) is 0 Å². The number of hydrogen-bond acceptors (Lipinski definition) is 4. The Kier molecular flexibility index (Phi) is 9.05. The lowest BCUT2D eigenvalue weighted by Crippen LogP contribution is -2.31. The van der Waals surface area contributed by atoms with Crippen molar-refractivity contribution in [3.63, 3.8) is 0 Å².